The summed E-state index contributed by atoms with van der Waals surface area (Å²) in [5.74, 6) is 0.0325. The summed E-state index contributed by atoms with van der Waals surface area (Å²) >= 11 is 0. The third kappa shape index (κ3) is 3.19. The third-order valence-electron chi connectivity index (χ3n) is 3.46. The van der Waals surface area contributed by atoms with Crippen molar-refractivity contribution in [1.29, 1.82) is 0 Å². The number of hydrogen-bond donors (Lipinski definition) is 0. The molecule has 1 amide bonds. The minimum Gasteiger partial charge on any atom is -0.315 e. The molecule has 0 heterocycles. The van der Waals surface area contributed by atoms with Crippen LogP contribution in [0, 0.1) is 20.8 Å². The van der Waals surface area contributed by atoms with E-state index >= 15 is 0 Å². The van der Waals surface area contributed by atoms with Gasteiger partial charge in [-0.15, -0.1) is 0 Å². The second kappa shape index (κ2) is 5.80. The fourth-order valence-corrected chi connectivity index (χ4v) is 1.89. The largest absolute Gasteiger partial charge is 0.315 e. The van der Waals surface area contributed by atoms with Crippen molar-refractivity contribution < 1.29 is 9.59 Å². The van der Waals surface area contributed by atoms with Gasteiger partial charge in [0, 0.05) is 25.6 Å². The Hall–Kier alpha value is -1.64. The van der Waals surface area contributed by atoms with E-state index in [1.165, 1.54) is 18.1 Å². The highest BCUT2D eigenvalue weighted by Gasteiger charge is 2.14. The van der Waals surface area contributed by atoms with Crippen LogP contribution < -0.4 is 4.90 Å². The van der Waals surface area contributed by atoms with Crippen LogP contribution >= 0.6 is 0 Å². The van der Waals surface area contributed by atoms with Crippen molar-refractivity contribution in [2.24, 2.45) is 0 Å². The molecular formula is C15H21NO2. The van der Waals surface area contributed by atoms with E-state index in [0.29, 0.717) is 6.42 Å². The molecular weight excluding hydrogens is 226 g/mol. The molecule has 98 valence electrons. The molecule has 3 nitrogen and oxygen atoms in total. The van der Waals surface area contributed by atoms with E-state index in [1.807, 2.05) is 19.1 Å². The van der Waals surface area contributed by atoms with Crippen LogP contribution in [0.2, 0.25) is 0 Å². The molecule has 0 aliphatic carbocycles. The molecule has 0 aromatic heterocycles. The summed E-state index contributed by atoms with van der Waals surface area (Å²) in [5.41, 5.74) is 4.47. The number of carbonyl (C=O) groups excluding carboxylic acids is 2. The topological polar surface area (TPSA) is 37.4 Å². The number of benzene rings is 1. The lowest BCUT2D eigenvalue weighted by molar-refractivity contribution is -0.122. The quantitative estimate of drug-likeness (QED) is 0.820. The lowest BCUT2D eigenvalue weighted by Gasteiger charge is -2.21. The number of nitrogens with zero attached hydrogens (tertiary/aromatic N) is 1. The number of anilines is 1. The van der Waals surface area contributed by atoms with Gasteiger partial charge < -0.3 is 9.69 Å². The second-order valence-electron chi connectivity index (χ2n) is 4.81. The molecule has 0 aliphatic rings. The van der Waals surface area contributed by atoms with Crippen molar-refractivity contribution in [3.05, 3.63) is 28.8 Å². The van der Waals surface area contributed by atoms with E-state index in [4.69, 9.17) is 0 Å². The van der Waals surface area contributed by atoms with E-state index in [1.54, 1.807) is 11.9 Å². The number of ketones is 1. The van der Waals surface area contributed by atoms with Crippen LogP contribution in [0.1, 0.15) is 36.5 Å². The number of hydrogen-bond acceptors (Lipinski definition) is 2. The number of amides is 1. The van der Waals surface area contributed by atoms with Gasteiger partial charge in [0.2, 0.25) is 5.91 Å². The van der Waals surface area contributed by atoms with E-state index in [9.17, 15) is 9.59 Å². The average molecular weight is 247 g/mol. The van der Waals surface area contributed by atoms with Crippen molar-refractivity contribution in [1.82, 2.24) is 0 Å². The lowest BCUT2D eigenvalue weighted by Crippen LogP contribution is -2.27. The molecule has 0 atom stereocenters. The fourth-order valence-electron chi connectivity index (χ4n) is 1.89. The van der Waals surface area contributed by atoms with Gasteiger partial charge in [0.25, 0.3) is 0 Å². The van der Waals surface area contributed by atoms with Crippen LogP contribution in [-0.2, 0) is 9.59 Å². The summed E-state index contributed by atoms with van der Waals surface area (Å²) in [7, 11) is 1.76. The Balaban J connectivity index is 2.90. The fraction of sp³-hybridized carbons (Fsp3) is 0.467. The zero-order valence-corrected chi connectivity index (χ0v) is 11.8. The normalized spacial score (nSPS) is 10.3. The molecule has 0 aliphatic heterocycles. The summed E-state index contributed by atoms with van der Waals surface area (Å²) in [5, 5.41) is 0. The van der Waals surface area contributed by atoms with Gasteiger partial charge in [0.15, 0.2) is 0 Å². The summed E-state index contributed by atoms with van der Waals surface area (Å²) in [6.07, 6.45) is 0.589. The second-order valence-corrected chi connectivity index (χ2v) is 4.81. The molecule has 0 N–H and O–H groups in total. The van der Waals surface area contributed by atoms with Gasteiger partial charge in [-0.1, -0.05) is 6.07 Å². The lowest BCUT2D eigenvalue weighted by atomic mass is 10.0. The highest BCUT2D eigenvalue weighted by atomic mass is 16.2. The predicted molar refractivity (Wildman–Crippen MR) is 74.0 cm³/mol. The Morgan fingerprint density at radius 2 is 1.67 bits per heavy atom. The van der Waals surface area contributed by atoms with Crippen molar-refractivity contribution in [3.8, 4) is 0 Å². The molecule has 18 heavy (non-hydrogen) atoms. The molecule has 0 fully saturated rings. The molecule has 1 aromatic rings. The van der Waals surface area contributed by atoms with Crippen molar-refractivity contribution in [3.63, 3.8) is 0 Å². The molecule has 0 saturated heterocycles. The Morgan fingerprint density at radius 1 is 1.06 bits per heavy atom. The zero-order valence-electron chi connectivity index (χ0n) is 11.8. The molecule has 0 saturated carbocycles. The standard InChI is InChI=1S/C15H21NO2/c1-10-6-8-14(13(4)12(10)3)16(5)15(18)9-7-11(2)17/h6,8H,7,9H2,1-5H3. The summed E-state index contributed by atoms with van der Waals surface area (Å²) < 4.78 is 0. The summed E-state index contributed by atoms with van der Waals surface area (Å²) in [6, 6.07) is 3.98. The molecule has 0 spiro atoms. The monoisotopic (exact) mass is 247 g/mol. The van der Waals surface area contributed by atoms with Crippen LogP contribution in [-0.4, -0.2) is 18.7 Å². The number of aryl methyl sites for hydroxylation is 1. The maximum Gasteiger partial charge on any atom is 0.227 e. The Bertz CT molecular complexity index is 478. The van der Waals surface area contributed by atoms with Crippen LogP contribution in [0.4, 0.5) is 5.69 Å². The first-order valence-corrected chi connectivity index (χ1v) is 6.17. The van der Waals surface area contributed by atoms with Gasteiger partial charge >= 0.3 is 0 Å². The zero-order chi connectivity index (χ0) is 13.9. The summed E-state index contributed by atoms with van der Waals surface area (Å²) in [4.78, 5) is 24.5. The van der Waals surface area contributed by atoms with Crippen LogP contribution in [0.25, 0.3) is 0 Å². The summed E-state index contributed by atoms with van der Waals surface area (Å²) in [6.45, 7) is 7.65. The minimum absolute atomic E-state index is 0.0171. The molecule has 1 aromatic carbocycles. The van der Waals surface area contributed by atoms with Gasteiger partial charge in [0.1, 0.15) is 5.78 Å². The Morgan fingerprint density at radius 3 is 2.22 bits per heavy atom. The maximum atomic E-state index is 12.0. The smallest absolute Gasteiger partial charge is 0.227 e. The van der Waals surface area contributed by atoms with Crippen LogP contribution in [0.3, 0.4) is 0 Å². The van der Waals surface area contributed by atoms with Crippen molar-refractivity contribution in [2.45, 2.75) is 40.5 Å². The number of Topliss-reactive ketones (excluding diaryl/α,β-unsaturated/α-hetero) is 1. The van der Waals surface area contributed by atoms with Gasteiger partial charge in [-0.2, -0.15) is 0 Å². The van der Waals surface area contributed by atoms with E-state index < -0.39 is 0 Å². The van der Waals surface area contributed by atoms with Gasteiger partial charge in [-0.05, 0) is 50.5 Å². The molecule has 1 rings (SSSR count). The Labute approximate surface area is 109 Å². The Kier molecular flexibility index (Phi) is 4.65. The first-order chi connectivity index (χ1) is 8.34. The number of rotatable bonds is 4. The SMILES string of the molecule is CC(=O)CCC(=O)N(C)c1ccc(C)c(C)c1C. The number of carbonyl (C=O) groups is 2. The van der Waals surface area contributed by atoms with Gasteiger partial charge in [0.05, 0.1) is 0 Å². The first-order valence-electron chi connectivity index (χ1n) is 6.17. The van der Waals surface area contributed by atoms with Crippen molar-refractivity contribution in [2.75, 3.05) is 11.9 Å². The highest BCUT2D eigenvalue weighted by Crippen LogP contribution is 2.25. The van der Waals surface area contributed by atoms with Crippen LogP contribution in [0.5, 0.6) is 0 Å². The minimum atomic E-state index is -0.0171. The predicted octanol–water partition coefficient (Wildman–Crippen LogP) is 2.94. The van der Waals surface area contributed by atoms with Crippen molar-refractivity contribution >= 4 is 17.4 Å². The molecule has 0 bridgehead atoms. The first kappa shape index (κ1) is 14.4. The maximum absolute atomic E-state index is 12.0. The van der Waals surface area contributed by atoms with E-state index in [2.05, 4.69) is 13.8 Å². The van der Waals surface area contributed by atoms with Gasteiger partial charge in [-0.3, -0.25) is 4.79 Å². The molecule has 0 radical (unpaired) electrons. The van der Waals surface area contributed by atoms with E-state index in [0.717, 1.165) is 11.3 Å². The van der Waals surface area contributed by atoms with Gasteiger partial charge in [-0.25, -0.2) is 0 Å². The molecule has 0 unspecified atom stereocenters. The third-order valence-corrected chi connectivity index (χ3v) is 3.46. The van der Waals surface area contributed by atoms with E-state index in [-0.39, 0.29) is 18.1 Å². The highest BCUT2D eigenvalue weighted by molar-refractivity contribution is 5.95. The van der Waals surface area contributed by atoms with Crippen LogP contribution in [0.15, 0.2) is 12.1 Å². The molecule has 3 heteroatoms. The average Bonchev–Trinajstić information content (AvgIpc) is 2.32.